The van der Waals surface area contributed by atoms with Crippen molar-refractivity contribution in [2.75, 3.05) is 13.6 Å². The summed E-state index contributed by atoms with van der Waals surface area (Å²) in [5, 5.41) is 3.10. The Bertz CT molecular complexity index is 393. The Morgan fingerprint density at radius 3 is 3.31 bits per heavy atom. The molecule has 68 valence electrons. The van der Waals surface area contributed by atoms with Crippen molar-refractivity contribution >= 4 is 5.52 Å². The van der Waals surface area contributed by atoms with Gasteiger partial charge in [0.1, 0.15) is 0 Å². The summed E-state index contributed by atoms with van der Waals surface area (Å²) in [7, 11) is 1.94. The standard InChI is InChI=1S/C9H12N4/c1-10-3-2-8-9-6-11-4-5-13(9)7-12-8/h4-7,10H,2-3H2,1H3. The minimum absolute atomic E-state index is 0.943. The second-order valence-corrected chi connectivity index (χ2v) is 2.91. The molecule has 0 aromatic carbocycles. The number of hydrogen-bond acceptors (Lipinski definition) is 3. The summed E-state index contributed by atoms with van der Waals surface area (Å²) in [6.45, 7) is 0.946. The first-order chi connectivity index (χ1) is 6.42. The third-order valence-corrected chi connectivity index (χ3v) is 2.03. The molecule has 0 aliphatic carbocycles. The maximum absolute atomic E-state index is 4.32. The Morgan fingerprint density at radius 2 is 2.46 bits per heavy atom. The van der Waals surface area contributed by atoms with E-state index >= 15 is 0 Å². The number of imidazole rings is 1. The molecule has 2 aromatic heterocycles. The van der Waals surface area contributed by atoms with Gasteiger partial charge in [-0.3, -0.25) is 4.98 Å². The Hall–Kier alpha value is -1.42. The predicted molar refractivity (Wildman–Crippen MR) is 50.6 cm³/mol. The number of nitrogens with zero attached hydrogens (tertiary/aromatic N) is 3. The molecule has 0 aliphatic heterocycles. The quantitative estimate of drug-likeness (QED) is 0.740. The number of aromatic nitrogens is 3. The summed E-state index contributed by atoms with van der Waals surface area (Å²) in [6, 6.07) is 0. The van der Waals surface area contributed by atoms with Crippen LogP contribution in [-0.2, 0) is 6.42 Å². The van der Waals surface area contributed by atoms with Crippen LogP contribution in [0.2, 0.25) is 0 Å². The zero-order valence-electron chi connectivity index (χ0n) is 7.57. The summed E-state index contributed by atoms with van der Waals surface area (Å²) in [4.78, 5) is 8.39. The lowest BCUT2D eigenvalue weighted by molar-refractivity contribution is 0.783. The molecule has 4 nitrogen and oxygen atoms in total. The SMILES string of the molecule is CNCCc1ncn2ccncc12. The number of rotatable bonds is 3. The number of fused-ring (bicyclic) bond motifs is 1. The predicted octanol–water partition coefficient (Wildman–Crippen LogP) is 0.491. The first-order valence-electron chi connectivity index (χ1n) is 4.32. The van der Waals surface area contributed by atoms with Gasteiger partial charge >= 0.3 is 0 Å². The molecule has 0 amide bonds. The first-order valence-corrected chi connectivity index (χ1v) is 4.32. The Labute approximate surface area is 76.6 Å². The van der Waals surface area contributed by atoms with Crippen molar-refractivity contribution < 1.29 is 0 Å². The van der Waals surface area contributed by atoms with Crippen LogP contribution in [0.15, 0.2) is 24.9 Å². The largest absolute Gasteiger partial charge is 0.319 e. The topological polar surface area (TPSA) is 42.2 Å². The summed E-state index contributed by atoms with van der Waals surface area (Å²) in [6.07, 6.45) is 8.28. The number of nitrogens with one attached hydrogen (secondary N) is 1. The van der Waals surface area contributed by atoms with E-state index in [-0.39, 0.29) is 0 Å². The van der Waals surface area contributed by atoms with Crippen LogP contribution in [0.1, 0.15) is 5.69 Å². The van der Waals surface area contributed by atoms with Crippen molar-refractivity contribution in [3.8, 4) is 0 Å². The molecule has 0 saturated carbocycles. The van der Waals surface area contributed by atoms with Crippen LogP contribution >= 0.6 is 0 Å². The minimum atomic E-state index is 0.943. The lowest BCUT2D eigenvalue weighted by atomic mass is 10.3. The van der Waals surface area contributed by atoms with Crippen LogP contribution < -0.4 is 5.32 Å². The lowest BCUT2D eigenvalue weighted by Crippen LogP contribution is -2.10. The van der Waals surface area contributed by atoms with Crippen LogP contribution in [0.4, 0.5) is 0 Å². The third-order valence-electron chi connectivity index (χ3n) is 2.03. The van der Waals surface area contributed by atoms with Gasteiger partial charge in [0, 0.05) is 25.4 Å². The van der Waals surface area contributed by atoms with Gasteiger partial charge in [-0.15, -0.1) is 0 Å². The fourth-order valence-electron chi connectivity index (χ4n) is 1.33. The van der Waals surface area contributed by atoms with Gasteiger partial charge in [-0.25, -0.2) is 4.98 Å². The smallest absolute Gasteiger partial charge is 0.0996 e. The monoisotopic (exact) mass is 176 g/mol. The fourth-order valence-corrected chi connectivity index (χ4v) is 1.33. The van der Waals surface area contributed by atoms with Gasteiger partial charge in [0.15, 0.2) is 0 Å². The van der Waals surface area contributed by atoms with Crippen molar-refractivity contribution in [3.63, 3.8) is 0 Å². The van der Waals surface area contributed by atoms with Crippen molar-refractivity contribution in [3.05, 3.63) is 30.6 Å². The van der Waals surface area contributed by atoms with Crippen LogP contribution in [0, 0.1) is 0 Å². The zero-order chi connectivity index (χ0) is 9.10. The third kappa shape index (κ3) is 1.53. The van der Waals surface area contributed by atoms with Gasteiger partial charge in [-0.2, -0.15) is 0 Å². The highest BCUT2D eigenvalue weighted by atomic mass is 15.0. The highest BCUT2D eigenvalue weighted by Gasteiger charge is 2.01. The number of hydrogen-bond donors (Lipinski definition) is 1. The van der Waals surface area contributed by atoms with Crippen LogP contribution in [0.5, 0.6) is 0 Å². The highest BCUT2D eigenvalue weighted by molar-refractivity contribution is 5.49. The summed E-state index contributed by atoms with van der Waals surface area (Å²) >= 11 is 0. The highest BCUT2D eigenvalue weighted by Crippen LogP contribution is 2.07. The molecule has 0 atom stereocenters. The molecule has 0 unspecified atom stereocenters. The van der Waals surface area contributed by atoms with Gasteiger partial charge in [-0.1, -0.05) is 0 Å². The van der Waals surface area contributed by atoms with E-state index in [2.05, 4.69) is 15.3 Å². The maximum Gasteiger partial charge on any atom is 0.0996 e. The Morgan fingerprint density at radius 1 is 1.54 bits per heavy atom. The van der Waals surface area contributed by atoms with Crippen molar-refractivity contribution in [2.24, 2.45) is 0 Å². The fraction of sp³-hybridized carbons (Fsp3) is 0.333. The zero-order valence-corrected chi connectivity index (χ0v) is 7.57. The van der Waals surface area contributed by atoms with Crippen LogP contribution in [0.3, 0.4) is 0 Å². The molecule has 0 fully saturated rings. The van der Waals surface area contributed by atoms with E-state index < -0.39 is 0 Å². The maximum atomic E-state index is 4.32. The molecule has 0 aliphatic rings. The Kier molecular flexibility index (Phi) is 2.23. The average molecular weight is 176 g/mol. The summed E-state index contributed by atoms with van der Waals surface area (Å²) in [5.74, 6) is 0. The molecule has 0 spiro atoms. The van der Waals surface area contributed by atoms with E-state index in [0.717, 1.165) is 24.2 Å². The van der Waals surface area contributed by atoms with Crippen molar-refractivity contribution in [2.45, 2.75) is 6.42 Å². The molecule has 0 radical (unpaired) electrons. The van der Waals surface area contributed by atoms with Gasteiger partial charge < -0.3 is 9.72 Å². The van der Waals surface area contributed by atoms with E-state index in [1.165, 1.54) is 0 Å². The van der Waals surface area contributed by atoms with Gasteiger partial charge in [0.2, 0.25) is 0 Å². The molecule has 4 heteroatoms. The molecule has 1 N–H and O–H groups in total. The summed E-state index contributed by atoms with van der Waals surface area (Å²) in [5.41, 5.74) is 2.19. The molecular formula is C9H12N4. The van der Waals surface area contributed by atoms with E-state index in [9.17, 15) is 0 Å². The molecule has 2 heterocycles. The molecule has 2 aromatic rings. The molecular weight excluding hydrogens is 164 g/mol. The lowest BCUT2D eigenvalue weighted by Gasteiger charge is -1.96. The first kappa shape index (κ1) is 8.19. The van der Waals surface area contributed by atoms with Crippen LogP contribution in [0.25, 0.3) is 5.52 Å². The molecule has 13 heavy (non-hydrogen) atoms. The van der Waals surface area contributed by atoms with E-state index in [4.69, 9.17) is 0 Å². The molecule has 0 saturated heterocycles. The average Bonchev–Trinajstić information content (AvgIpc) is 2.58. The second kappa shape index (κ2) is 3.53. The minimum Gasteiger partial charge on any atom is -0.319 e. The normalized spacial score (nSPS) is 10.8. The van der Waals surface area contributed by atoms with E-state index in [0.29, 0.717) is 0 Å². The van der Waals surface area contributed by atoms with Gasteiger partial charge in [-0.05, 0) is 7.05 Å². The van der Waals surface area contributed by atoms with E-state index in [1.54, 1.807) is 6.20 Å². The second-order valence-electron chi connectivity index (χ2n) is 2.91. The van der Waals surface area contributed by atoms with Crippen molar-refractivity contribution in [1.82, 2.24) is 19.7 Å². The molecule has 0 bridgehead atoms. The van der Waals surface area contributed by atoms with E-state index in [1.807, 2.05) is 30.2 Å². The Balaban J connectivity index is 2.35. The van der Waals surface area contributed by atoms with Crippen LogP contribution in [-0.4, -0.2) is 28.0 Å². The summed E-state index contributed by atoms with van der Waals surface area (Å²) < 4.78 is 1.98. The molecule has 2 rings (SSSR count). The van der Waals surface area contributed by atoms with Gasteiger partial charge in [0.05, 0.1) is 23.7 Å². The van der Waals surface area contributed by atoms with Gasteiger partial charge in [0.25, 0.3) is 0 Å². The van der Waals surface area contributed by atoms with Crippen molar-refractivity contribution in [1.29, 1.82) is 0 Å². The number of likely N-dealkylation sites (N-methyl/N-ethyl adjacent to an activating group) is 1.